The van der Waals surface area contributed by atoms with E-state index in [9.17, 15) is 9.18 Å². The molecule has 2 rings (SSSR count). The molecule has 0 bridgehead atoms. The van der Waals surface area contributed by atoms with Crippen LogP contribution in [0.2, 0.25) is 0 Å². The molecule has 98 valence electrons. The van der Waals surface area contributed by atoms with Crippen LogP contribution in [0.5, 0.6) is 0 Å². The summed E-state index contributed by atoms with van der Waals surface area (Å²) in [5.74, 6) is -0.122. The van der Waals surface area contributed by atoms with Gasteiger partial charge in [0.2, 0.25) is 5.91 Å². The maximum atomic E-state index is 13.2. The van der Waals surface area contributed by atoms with Crippen LogP contribution < -0.4 is 10.2 Å². The SMILES string of the molecule is CCN(C(=O)C1CCNCC1)c1cccc(F)c1. The second kappa shape index (κ2) is 5.96. The van der Waals surface area contributed by atoms with Gasteiger partial charge < -0.3 is 10.2 Å². The van der Waals surface area contributed by atoms with E-state index in [0.29, 0.717) is 12.2 Å². The van der Waals surface area contributed by atoms with Crippen molar-refractivity contribution < 1.29 is 9.18 Å². The lowest BCUT2D eigenvalue weighted by atomic mass is 9.96. The molecule has 1 fully saturated rings. The number of hydrogen-bond donors (Lipinski definition) is 1. The summed E-state index contributed by atoms with van der Waals surface area (Å²) in [5.41, 5.74) is 0.654. The molecule has 1 aromatic rings. The predicted molar refractivity (Wildman–Crippen MR) is 70.0 cm³/mol. The van der Waals surface area contributed by atoms with E-state index in [4.69, 9.17) is 0 Å². The summed E-state index contributed by atoms with van der Waals surface area (Å²) in [6.45, 7) is 4.27. The van der Waals surface area contributed by atoms with Gasteiger partial charge in [-0.05, 0) is 51.1 Å². The molecule has 1 saturated heterocycles. The lowest BCUT2D eigenvalue weighted by Crippen LogP contribution is -2.41. The Hall–Kier alpha value is -1.42. The monoisotopic (exact) mass is 250 g/mol. The van der Waals surface area contributed by atoms with E-state index in [1.54, 1.807) is 17.0 Å². The van der Waals surface area contributed by atoms with Gasteiger partial charge in [-0.1, -0.05) is 6.07 Å². The number of rotatable bonds is 3. The predicted octanol–water partition coefficient (Wildman–Crippen LogP) is 2.18. The molecule has 0 atom stereocenters. The number of piperidine rings is 1. The number of benzene rings is 1. The molecule has 0 radical (unpaired) electrons. The van der Waals surface area contributed by atoms with Crippen LogP contribution in [0.1, 0.15) is 19.8 Å². The Bertz CT molecular complexity index is 416. The van der Waals surface area contributed by atoms with Gasteiger partial charge in [-0.2, -0.15) is 0 Å². The molecule has 4 heteroatoms. The minimum absolute atomic E-state index is 0.0643. The lowest BCUT2D eigenvalue weighted by Gasteiger charge is -2.29. The topological polar surface area (TPSA) is 32.3 Å². The van der Waals surface area contributed by atoms with E-state index in [1.165, 1.54) is 12.1 Å². The fourth-order valence-corrected chi connectivity index (χ4v) is 2.40. The number of hydrogen-bond acceptors (Lipinski definition) is 2. The van der Waals surface area contributed by atoms with E-state index < -0.39 is 0 Å². The van der Waals surface area contributed by atoms with Crippen LogP contribution >= 0.6 is 0 Å². The highest BCUT2D eigenvalue weighted by atomic mass is 19.1. The third kappa shape index (κ3) is 2.88. The summed E-state index contributed by atoms with van der Waals surface area (Å²) in [6, 6.07) is 6.24. The number of carbonyl (C=O) groups is 1. The Morgan fingerprint density at radius 1 is 1.44 bits per heavy atom. The number of carbonyl (C=O) groups excluding carboxylic acids is 1. The van der Waals surface area contributed by atoms with Crippen molar-refractivity contribution in [2.24, 2.45) is 5.92 Å². The zero-order valence-corrected chi connectivity index (χ0v) is 10.7. The van der Waals surface area contributed by atoms with Crippen LogP contribution in [-0.4, -0.2) is 25.5 Å². The van der Waals surface area contributed by atoms with Gasteiger partial charge in [0.25, 0.3) is 0 Å². The van der Waals surface area contributed by atoms with E-state index >= 15 is 0 Å². The van der Waals surface area contributed by atoms with Gasteiger partial charge in [0.1, 0.15) is 5.82 Å². The molecule has 1 amide bonds. The Kier molecular flexibility index (Phi) is 4.31. The summed E-state index contributed by atoms with van der Waals surface area (Å²) in [6.07, 6.45) is 1.73. The van der Waals surface area contributed by atoms with Crippen molar-refractivity contribution in [3.63, 3.8) is 0 Å². The maximum absolute atomic E-state index is 13.2. The Morgan fingerprint density at radius 3 is 2.78 bits per heavy atom. The highest BCUT2D eigenvalue weighted by molar-refractivity contribution is 5.95. The molecule has 0 unspecified atom stereocenters. The molecule has 1 aliphatic rings. The second-order valence-electron chi connectivity index (χ2n) is 4.59. The van der Waals surface area contributed by atoms with Crippen molar-refractivity contribution in [3.05, 3.63) is 30.1 Å². The third-order valence-corrected chi connectivity index (χ3v) is 3.39. The van der Waals surface area contributed by atoms with Crippen LogP contribution in [-0.2, 0) is 4.79 Å². The van der Waals surface area contributed by atoms with Crippen LogP contribution in [0, 0.1) is 11.7 Å². The molecular weight excluding hydrogens is 231 g/mol. The fourth-order valence-electron chi connectivity index (χ4n) is 2.40. The van der Waals surface area contributed by atoms with Crippen LogP contribution in [0.25, 0.3) is 0 Å². The van der Waals surface area contributed by atoms with Crippen molar-refractivity contribution in [1.82, 2.24) is 5.32 Å². The summed E-state index contributed by atoms with van der Waals surface area (Å²) in [5, 5.41) is 3.24. The van der Waals surface area contributed by atoms with Gasteiger partial charge in [-0.15, -0.1) is 0 Å². The summed E-state index contributed by atoms with van der Waals surface area (Å²) in [7, 11) is 0. The standard InChI is InChI=1S/C14H19FN2O/c1-2-17(13-5-3-4-12(15)10-13)14(18)11-6-8-16-9-7-11/h3-5,10-11,16H,2,6-9H2,1H3. The van der Waals surface area contributed by atoms with Crippen LogP contribution in [0.4, 0.5) is 10.1 Å². The highest BCUT2D eigenvalue weighted by Gasteiger charge is 2.25. The number of halogens is 1. The minimum Gasteiger partial charge on any atom is -0.317 e. The third-order valence-electron chi connectivity index (χ3n) is 3.39. The Balaban J connectivity index is 2.14. The molecule has 1 aliphatic heterocycles. The first-order valence-corrected chi connectivity index (χ1v) is 6.50. The quantitative estimate of drug-likeness (QED) is 0.891. The molecule has 1 N–H and O–H groups in total. The van der Waals surface area contributed by atoms with Gasteiger partial charge >= 0.3 is 0 Å². The summed E-state index contributed by atoms with van der Waals surface area (Å²) in [4.78, 5) is 14.1. The zero-order valence-electron chi connectivity index (χ0n) is 10.7. The van der Waals surface area contributed by atoms with Crippen molar-refractivity contribution in [1.29, 1.82) is 0 Å². The lowest BCUT2D eigenvalue weighted by molar-refractivity contribution is -0.123. The number of nitrogens with one attached hydrogen (secondary N) is 1. The van der Waals surface area contributed by atoms with E-state index in [-0.39, 0.29) is 17.6 Å². The van der Waals surface area contributed by atoms with Gasteiger partial charge in [0.15, 0.2) is 0 Å². The Morgan fingerprint density at radius 2 is 2.17 bits per heavy atom. The van der Waals surface area contributed by atoms with Gasteiger partial charge in [-0.25, -0.2) is 4.39 Å². The first kappa shape index (κ1) is 13.0. The molecular formula is C14H19FN2O. The summed E-state index contributed by atoms with van der Waals surface area (Å²) < 4.78 is 13.2. The average molecular weight is 250 g/mol. The fraction of sp³-hybridized carbons (Fsp3) is 0.500. The van der Waals surface area contributed by atoms with Crippen LogP contribution in [0.15, 0.2) is 24.3 Å². The molecule has 0 saturated carbocycles. The van der Waals surface area contributed by atoms with Crippen molar-refractivity contribution in [3.8, 4) is 0 Å². The first-order chi connectivity index (χ1) is 8.72. The van der Waals surface area contributed by atoms with Crippen molar-refractivity contribution >= 4 is 11.6 Å². The molecule has 1 heterocycles. The van der Waals surface area contributed by atoms with E-state index in [1.807, 2.05) is 6.92 Å². The Labute approximate surface area is 107 Å². The average Bonchev–Trinajstić information content (AvgIpc) is 2.40. The molecule has 18 heavy (non-hydrogen) atoms. The normalized spacial score (nSPS) is 16.6. The van der Waals surface area contributed by atoms with Gasteiger partial charge in [0.05, 0.1) is 0 Å². The molecule has 1 aromatic carbocycles. The number of anilines is 1. The minimum atomic E-state index is -0.302. The van der Waals surface area contributed by atoms with Gasteiger partial charge in [0, 0.05) is 18.2 Å². The maximum Gasteiger partial charge on any atom is 0.230 e. The van der Waals surface area contributed by atoms with Crippen molar-refractivity contribution in [2.45, 2.75) is 19.8 Å². The van der Waals surface area contributed by atoms with E-state index in [0.717, 1.165) is 25.9 Å². The van der Waals surface area contributed by atoms with Crippen LogP contribution in [0.3, 0.4) is 0 Å². The second-order valence-corrected chi connectivity index (χ2v) is 4.59. The summed E-state index contributed by atoms with van der Waals surface area (Å²) >= 11 is 0. The molecule has 0 aromatic heterocycles. The smallest absolute Gasteiger partial charge is 0.230 e. The molecule has 0 spiro atoms. The zero-order chi connectivity index (χ0) is 13.0. The first-order valence-electron chi connectivity index (χ1n) is 6.50. The highest BCUT2D eigenvalue weighted by Crippen LogP contribution is 2.21. The number of nitrogens with zero attached hydrogens (tertiary/aromatic N) is 1. The molecule has 3 nitrogen and oxygen atoms in total. The van der Waals surface area contributed by atoms with Crippen molar-refractivity contribution in [2.75, 3.05) is 24.5 Å². The van der Waals surface area contributed by atoms with Gasteiger partial charge in [-0.3, -0.25) is 4.79 Å². The van der Waals surface area contributed by atoms with E-state index in [2.05, 4.69) is 5.32 Å². The number of amides is 1. The molecule has 0 aliphatic carbocycles. The largest absolute Gasteiger partial charge is 0.317 e.